The van der Waals surface area contributed by atoms with Crippen molar-refractivity contribution in [2.24, 2.45) is 0 Å². The van der Waals surface area contributed by atoms with E-state index in [1.807, 2.05) is 12.1 Å². The maximum atomic E-state index is 11.5. The van der Waals surface area contributed by atoms with Crippen LogP contribution in [0.2, 0.25) is 5.02 Å². The highest BCUT2D eigenvalue weighted by Crippen LogP contribution is 2.24. The lowest BCUT2D eigenvalue weighted by molar-refractivity contribution is 0.0602. The van der Waals surface area contributed by atoms with Gasteiger partial charge in [0.25, 0.3) is 0 Å². The molecule has 1 N–H and O–H groups in total. The zero-order valence-electron chi connectivity index (χ0n) is 8.66. The lowest BCUT2D eigenvalue weighted by atomic mass is 10.1. The van der Waals surface area contributed by atoms with Crippen LogP contribution in [0.5, 0.6) is 0 Å². The summed E-state index contributed by atoms with van der Waals surface area (Å²) in [5, 5.41) is 0.662. The zero-order valence-corrected chi connectivity index (χ0v) is 9.41. The van der Waals surface area contributed by atoms with Gasteiger partial charge < -0.3 is 9.72 Å². The van der Waals surface area contributed by atoms with Gasteiger partial charge in [0.2, 0.25) is 0 Å². The Bertz CT molecular complexity index is 502. The Labute approximate surface area is 98.0 Å². The van der Waals surface area contributed by atoms with Crippen LogP contribution in [-0.2, 0) is 4.74 Å². The number of hydrogen-bond donors (Lipinski definition) is 1. The van der Waals surface area contributed by atoms with Crippen molar-refractivity contribution in [2.75, 3.05) is 7.11 Å². The molecule has 1 aromatic carbocycles. The lowest BCUT2D eigenvalue weighted by Gasteiger charge is -2.02. The third kappa shape index (κ3) is 1.95. The van der Waals surface area contributed by atoms with E-state index in [4.69, 9.17) is 16.3 Å². The van der Waals surface area contributed by atoms with Crippen molar-refractivity contribution in [3.63, 3.8) is 0 Å². The summed E-state index contributed by atoms with van der Waals surface area (Å²) in [5.74, 6) is -0.355. The highest BCUT2D eigenvalue weighted by molar-refractivity contribution is 6.30. The van der Waals surface area contributed by atoms with E-state index in [-0.39, 0.29) is 5.97 Å². The summed E-state index contributed by atoms with van der Waals surface area (Å²) in [6.45, 7) is 0. The van der Waals surface area contributed by atoms with E-state index in [2.05, 4.69) is 4.98 Å². The molecule has 3 nitrogen and oxygen atoms in total. The van der Waals surface area contributed by atoms with Crippen molar-refractivity contribution in [2.45, 2.75) is 0 Å². The SMILES string of the molecule is COC(=O)c1cc[nH]c1-c1ccc(Cl)cc1. The topological polar surface area (TPSA) is 42.1 Å². The van der Waals surface area contributed by atoms with Crippen molar-refractivity contribution in [3.8, 4) is 11.3 Å². The van der Waals surface area contributed by atoms with Crippen LogP contribution in [0.25, 0.3) is 11.3 Å². The van der Waals surface area contributed by atoms with E-state index in [0.29, 0.717) is 10.6 Å². The summed E-state index contributed by atoms with van der Waals surface area (Å²) in [5.41, 5.74) is 2.16. The Morgan fingerprint density at radius 3 is 2.56 bits per heavy atom. The number of carbonyl (C=O) groups is 1. The first-order chi connectivity index (χ1) is 7.72. The van der Waals surface area contributed by atoms with Gasteiger partial charge in [-0.1, -0.05) is 23.7 Å². The molecule has 1 heterocycles. The number of methoxy groups -OCH3 is 1. The van der Waals surface area contributed by atoms with Gasteiger partial charge in [-0.2, -0.15) is 0 Å². The fourth-order valence-electron chi connectivity index (χ4n) is 1.50. The molecule has 0 aliphatic carbocycles. The van der Waals surface area contributed by atoms with Crippen molar-refractivity contribution in [1.82, 2.24) is 4.98 Å². The van der Waals surface area contributed by atoms with Gasteiger partial charge >= 0.3 is 5.97 Å². The average molecular weight is 236 g/mol. The maximum absolute atomic E-state index is 11.5. The van der Waals surface area contributed by atoms with Gasteiger partial charge in [0.15, 0.2) is 0 Å². The molecule has 16 heavy (non-hydrogen) atoms. The molecule has 0 aliphatic heterocycles. The Balaban J connectivity index is 2.44. The van der Waals surface area contributed by atoms with Gasteiger partial charge in [-0.3, -0.25) is 0 Å². The van der Waals surface area contributed by atoms with Gasteiger partial charge in [0.05, 0.1) is 18.4 Å². The number of ether oxygens (including phenoxy) is 1. The van der Waals surface area contributed by atoms with Gasteiger partial charge in [0, 0.05) is 11.2 Å². The Morgan fingerprint density at radius 1 is 1.25 bits per heavy atom. The summed E-state index contributed by atoms with van der Waals surface area (Å²) >= 11 is 5.80. The summed E-state index contributed by atoms with van der Waals surface area (Å²) in [4.78, 5) is 14.5. The number of benzene rings is 1. The van der Waals surface area contributed by atoms with Gasteiger partial charge in [0.1, 0.15) is 0 Å². The molecule has 4 heteroatoms. The number of H-pyrrole nitrogens is 1. The number of esters is 1. The molecular formula is C12H10ClNO2. The largest absolute Gasteiger partial charge is 0.465 e. The number of carbonyl (C=O) groups excluding carboxylic acids is 1. The molecule has 0 amide bonds. The van der Waals surface area contributed by atoms with Crippen molar-refractivity contribution < 1.29 is 9.53 Å². The van der Waals surface area contributed by atoms with Crippen LogP contribution in [-0.4, -0.2) is 18.1 Å². The molecule has 2 aromatic rings. The highest BCUT2D eigenvalue weighted by atomic mass is 35.5. The molecule has 0 spiro atoms. The van der Waals surface area contributed by atoms with E-state index in [1.54, 1.807) is 24.4 Å². The highest BCUT2D eigenvalue weighted by Gasteiger charge is 2.13. The summed E-state index contributed by atoms with van der Waals surface area (Å²) in [6, 6.07) is 8.94. The lowest BCUT2D eigenvalue weighted by Crippen LogP contribution is -2.01. The average Bonchev–Trinajstić information content (AvgIpc) is 2.78. The van der Waals surface area contributed by atoms with Crippen LogP contribution >= 0.6 is 11.6 Å². The fraction of sp³-hybridized carbons (Fsp3) is 0.0833. The number of halogens is 1. The molecular weight excluding hydrogens is 226 g/mol. The van der Waals surface area contributed by atoms with Crippen LogP contribution in [0.3, 0.4) is 0 Å². The molecule has 82 valence electrons. The molecule has 0 unspecified atom stereocenters. The number of hydrogen-bond acceptors (Lipinski definition) is 2. The van der Waals surface area contributed by atoms with Gasteiger partial charge in [-0.15, -0.1) is 0 Å². The summed E-state index contributed by atoms with van der Waals surface area (Å²) in [7, 11) is 1.36. The first kappa shape index (κ1) is 10.8. The number of nitrogens with one attached hydrogen (secondary N) is 1. The van der Waals surface area contributed by atoms with E-state index in [9.17, 15) is 4.79 Å². The Kier molecular flexibility index (Phi) is 2.97. The minimum absolute atomic E-state index is 0.355. The van der Waals surface area contributed by atoms with Gasteiger partial charge in [-0.05, 0) is 23.8 Å². The van der Waals surface area contributed by atoms with E-state index >= 15 is 0 Å². The second-order valence-electron chi connectivity index (χ2n) is 3.26. The third-order valence-electron chi connectivity index (χ3n) is 2.29. The first-order valence-corrected chi connectivity index (χ1v) is 5.12. The number of aromatic nitrogens is 1. The van der Waals surface area contributed by atoms with Gasteiger partial charge in [-0.25, -0.2) is 4.79 Å². The molecule has 0 aliphatic rings. The third-order valence-corrected chi connectivity index (χ3v) is 2.54. The maximum Gasteiger partial charge on any atom is 0.340 e. The molecule has 0 radical (unpaired) electrons. The quantitative estimate of drug-likeness (QED) is 0.813. The molecule has 0 saturated heterocycles. The number of rotatable bonds is 2. The monoisotopic (exact) mass is 235 g/mol. The van der Waals surface area contributed by atoms with Crippen molar-refractivity contribution >= 4 is 17.6 Å². The molecule has 2 rings (SSSR count). The standard InChI is InChI=1S/C12H10ClNO2/c1-16-12(15)10-6-7-14-11(10)8-2-4-9(13)5-3-8/h2-7,14H,1H3. The minimum atomic E-state index is -0.355. The second-order valence-corrected chi connectivity index (χ2v) is 3.70. The predicted molar refractivity (Wildman–Crippen MR) is 62.6 cm³/mol. The Hall–Kier alpha value is -1.74. The zero-order chi connectivity index (χ0) is 11.5. The molecule has 0 bridgehead atoms. The van der Waals surface area contributed by atoms with Crippen LogP contribution in [0.15, 0.2) is 36.5 Å². The van der Waals surface area contributed by atoms with Crippen LogP contribution in [0.4, 0.5) is 0 Å². The smallest absolute Gasteiger partial charge is 0.340 e. The summed E-state index contributed by atoms with van der Waals surface area (Å²) in [6.07, 6.45) is 1.70. The Morgan fingerprint density at radius 2 is 1.94 bits per heavy atom. The van der Waals surface area contributed by atoms with Crippen molar-refractivity contribution in [3.05, 3.63) is 47.1 Å². The minimum Gasteiger partial charge on any atom is -0.465 e. The normalized spacial score (nSPS) is 10.1. The van der Waals surface area contributed by atoms with E-state index in [1.165, 1.54) is 7.11 Å². The molecule has 0 saturated carbocycles. The predicted octanol–water partition coefficient (Wildman–Crippen LogP) is 3.12. The summed E-state index contributed by atoms with van der Waals surface area (Å²) < 4.78 is 4.70. The molecule has 0 atom stereocenters. The van der Waals surface area contributed by atoms with Crippen molar-refractivity contribution in [1.29, 1.82) is 0 Å². The second kappa shape index (κ2) is 4.41. The van der Waals surface area contributed by atoms with E-state index in [0.717, 1.165) is 11.3 Å². The molecule has 0 fully saturated rings. The van der Waals surface area contributed by atoms with Crippen LogP contribution in [0, 0.1) is 0 Å². The van der Waals surface area contributed by atoms with E-state index < -0.39 is 0 Å². The number of aromatic amines is 1. The van der Waals surface area contributed by atoms with Crippen LogP contribution in [0.1, 0.15) is 10.4 Å². The fourth-order valence-corrected chi connectivity index (χ4v) is 1.63. The molecule has 1 aromatic heterocycles. The van der Waals surface area contributed by atoms with Crippen LogP contribution < -0.4 is 0 Å². The first-order valence-electron chi connectivity index (χ1n) is 4.74.